The average molecular weight is 350 g/mol. The van der Waals surface area contributed by atoms with Gasteiger partial charge in [0.15, 0.2) is 11.1 Å². The second-order valence-electron chi connectivity index (χ2n) is 3.96. The van der Waals surface area contributed by atoms with E-state index in [-0.39, 0.29) is 9.79 Å². The van der Waals surface area contributed by atoms with Crippen molar-refractivity contribution in [2.45, 2.75) is 19.6 Å². The first-order chi connectivity index (χ1) is 9.73. The van der Waals surface area contributed by atoms with Crippen LogP contribution in [0, 0.1) is 11.6 Å². The van der Waals surface area contributed by atoms with Gasteiger partial charge in [-0.2, -0.15) is 0 Å². The molecular weight excluding hydrogens is 342 g/mol. The quantitative estimate of drug-likeness (QED) is 0.659. The minimum atomic E-state index is -4.14. The maximum absolute atomic E-state index is 13.4. The van der Waals surface area contributed by atoms with Gasteiger partial charge in [0.2, 0.25) is 9.84 Å². The van der Waals surface area contributed by atoms with Gasteiger partial charge in [-0.1, -0.05) is 0 Å². The third-order valence-electron chi connectivity index (χ3n) is 2.64. The van der Waals surface area contributed by atoms with E-state index in [9.17, 15) is 21.4 Å². The fourth-order valence-corrected chi connectivity index (χ4v) is 3.35. The van der Waals surface area contributed by atoms with Gasteiger partial charge in [0.1, 0.15) is 11.6 Å². The SMILES string of the molecule is O=S(O)c1ccc(S(=O)(=O)c2cc(F)c(S)c(F)c2)cc1. The first-order valence-electron chi connectivity index (χ1n) is 5.37. The van der Waals surface area contributed by atoms with Gasteiger partial charge < -0.3 is 4.55 Å². The Hall–Kier alpha value is -1.29. The molecule has 0 aromatic heterocycles. The molecule has 0 bridgehead atoms. The zero-order valence-corrected chi connectivity index (χ0v) is 12.7. The lowest BCUT2D eigenvalue weighted by molar-refractivity contribution is 0.531. The van der Waals surface area contributed by atoms with Crippen LogP contribution in [0.4, 0.5) is 8.78 Å². The van der Waals surface area contributed by atoms with E-state index in [1.54, 1.807) is 0 Å². The molecule has 0 aliphatic rings. The monoisotopic (exact) mass is 350 g/mol. The van der Waals surface area contributed by atoms with E-state index >= 15 is 0 Å². The van der Waals surface area contributed by atoms with Crippen LogP contribution in [0.25, 0.3) is 0 Å². The summed E-state index contributed by atoms with van der Waals surface area (Å²) in [6.07, 6.45) is 0. The highest BCUT2D eigenvalue weighted by atomic mass is 32.2. The van der Waals surface area contributed by atoms with Crippen molar-refractivity contribution in [2.24, 2.45) is 0 Å². The van der Waals surface area contributed by atoms with Gasteiger partial charge in [0, 0.05) is 0 Å². The van der Waals surface area contributed by atoms with Gasteiger partial charge >= 0.3 is 0 Å². The van der Waals surface area contributed by atoms with Crippen molar-refractivity contribution in [2.75, 3.05) is 0 Å². The van der Waals surface area contributed by atoms with Crippen LogP contribution in [-0.2, 0) is 20.9 Å². The molecule has 0 amide bonds. The number of rotatable bonds is 3. The van der Waals surface area contributed by atoms with Crippen LogP contribution in [0.5, 0.6) is 0 Å². The molecule has 4 nitrogen and oxygen atoms in total. The molecule has 0 saturated carbocycles. The van der Waals surface area contributed by atoms with Crippen molar-refractivity contribution in [1.82, 2.24) is 0 Å². The number of hydrogen-bond donors (Lipinski definition) is 2. The van der Waals surface area contributed by atoms with Crippen LogP contribution in [0.15, 0.2) is 56.0 Å². The Morgan fingerprint density at radius 3 is 1.90 bits per heavy atom. The molecule has 0 spiro atoms. The Morgan fingerprint density at radius 2 is 1.48 bits per heavy atom. The standard InChI is InChI=1S/C12H8F2O4S3/c13-10-5-9(6-11(14)12(10)19)21(17,18)8-3-1-7(2-4-8)20(15)16/h1-6,19H,(H,15,16). The topological polar surface area (TPSA) is 71.4 Å². The number of halogens is 2. The maximum Gasteiger partial charge on any atom is 0.206 e. The zero-order chi connectivity index (χ0) is 15.8. The Morgan fingerprint density at radius 1 is 1.00 bits per heavy atom. The summed E-state index contributed by atoms with van der Waals surface area (Å²) < 4.78 is 70.9. The highest BCUT2D eigenvalue weighted by Crippen LogP contribution is 2.26. The van der Waals surface area contributed by atoms with Gasteiger partial charge in [-0.15, -0.1) is 12.6 Å². The number of benzene rings is 2. The lowest BCUT2D eigenvalue weighted by Crippen LogP contribution is -2.04. The number of sulfone groups is 1. The Bertz CT molecular complexity index is 794. The molecule has 0 aliphatic carbocycles. The minimum Gasteiger partial charge on any atom is -0.302 e. The van der Waals surface area contributed by atoms with Crippen molar-refractivity contribution in [1.29, 1.82) is 0 Å². The molecule has 0 aliphatic heterocycles. The van der Waals surface area contributed by atoms with Gasteiger partial charge in [-0.25, -0.2) is 21.4 Å². The normalized spacial score (nSPS) is 13.1. The van der Waals surface area contributed by atoms with Gasteiger partial charge in [-0.3, -0.25) is 0 Å². The first-order valence-corrected chi connectivity index (χ1v) is 8.41. The fourth-order valence-electron chi connectivity index (χ4n) is 1.57. The van der Waals surface area contributed by atoms with Gasteiger partial charge in [0.25, 0.3) is 0 Å². The minimum absolute atomic E-state index is 0.0111. The van der Waals surface area contributed by atoms with Crippen molar-refractivity contribution < 1.29 is 26.0 Å². The van der Waals surface area contributed by atoms with E-state index < -0.39 is 42.3 Å². The third kappa shape index (κ3) is 3.15. The van der Waals surface area contributed by atoms with Crippen LogP contribution >= 0.6 is 12.6 Å². The van der Waals surface area contributed by atoms with Crippen molar-refractivity contribution in [3.05, 3.63) is 48.0 Å². The van der Waals surface area contributed by atoms with Crippen LogP contribution in [0.3, 0.4) is 0 Å². The highest BCUT2D eigenvalue weighted by Gasteiger charge is 2.21. The lowest BCUT2D eigenvalue weighted by atomic mass is 10.3. The van der Waals surface area contributed by atoms with Crippen LogP contribution in [0.1, 0.15) is 0 Å². The summed E-state index contributed by atoms with van der Waals surface area (Å²) in [5.74, 6) is -2.19. The molecule has 1 unspecified atom stereocenters. The van der Waals surface area contributed by atoms with Crippen LogP contribution in [0.2, 0.25) is 0 Å². The molecule has 1 N–H and O–H groups in total. The Balaban J connectivity index is 2.54. The van der Waals surface area contributed by atoms with E-state index in [4.69, 9.17) is 4.55 Å². The lowest BCUT2D eigenvalue weighted by Gasteiger charge is -2.07. The van der Waals surface area contributed by atoms with E-state index in [2.05, 4.69) is 12.6 Å². The van der Waals surface area contributed by atoms with E-state index in [0.29, 0.717) is 12.1 Å². The predicted molar refractivity (Wildman–Crippen MR) is 74.5 cm³/mol. The first kappa shape index (κ1) is 16.1. The summed E-state index contributed by atoms with van der Waals surface area (Å²) in [6, 6.07) is 5.79. The third-order valence-corrected chi connectivity index (χ3v) is 5.49. The molecule has 2 rings (SSSR count). The van der Waals surface area contributed by atoms with E-state index in [1.165, 1.54) is 0 Å². The predicted octanol–water partition coefficient (Wildman–Crippen LogP) is 2.67. The van der Waals surface area contributed by atoms with Crippen molar-refractivity contribution in [3.63, 3.8) is 0 Å². The number of hydrogen-bond acceptors (Lipinski definition) is 4. The second kappa shape index (κ2) is 5.84. The van der Waals surface area contributed by atoms with Crippen LogP contribution < -0.4 is 0 Å². The Kier molecular flexibility index (Phi) is 4.47. The summed E-state index contributed by atoms with van der Waals surface area (Å²) in [4.78, 5) is -1.37. The zero-order valence-electron chi connectivity index (χ0n) is 10.2. The smallest absolute Gasteiger partial charge is 0.206 e. The maximum atomic E-state index is 13.4. The van der Waals surface area contributed by atoms with Gasteiger partial charge in [0.05, 0.1) is 19.6 Å². The molecule has 2 aromatic rings. The highest BCUT2D eigenvalue weighted by molar-refractivity contribution is 7.91. The largest absolute Gasteiger partial charge is 0.302 e. The summed E-state index contributed by atoms with van der Waals surface area (Å²) in [7, 11) is -4.14. The fraction of sp³-hybridized carbons (Fsp3) is 0. The average Bonchev–Trinajstić information content (AvgIpc) is 2.44. The molecule has 0 saturated heterocycles. The number of thiol groups is 1. The summed E-state index contributed by atoms with van der Waals surface area (Å²) in [6.45, 7) is 0. The van der Waals surface area contributed by atoms with E-state index in [1.807, 2.05) is 0 Å². The summed E-state index contributed by atoms with van der Waals surface area (Å²) in [5.41, 5.74) is 0. The van der Waals surface area contributed by atoms with Crippen molar-refractivity contribution >= 4 is 33.5 Å². The molecule has 0 fully saturated rings. The molecule has 0 heterocycles. The molecule has 0 radical (unpaired) electrons. The van der Waals surface area contributed by atoms with Crippen molar-refractivity contribution in [3.8, 4) is 0 Å². The molecular formula is C12H8F2O4S3. The van der Waals surface area contributed by atoms with Crippen LogP contribution in [-0.4, -0.2) is 17.2 Å². The molecule has 112 valence electrons. The molecule has 9 heteroatoms. The summed E-state index contributed by atoms with van der Waals surface area (Å²) >= 11 is 1.33. The molecule has 1 atom stereocenters. The van der Waals surface area contributed by atoms with E-state index in [0.717, 1.165) is 24.3 Å². The second-order valence-corrected chi connectivity index (χ2v) is 7.33. The molecule has 2 aromatic carbocycles. The Labute approximate surface area is 127 Å². The molecule has 21 heavy (non-hydrogen) atoms. The summed E-state index contributed by atoms with van der Waals surface area (Å²) in [5, 5.41) is 0. The van der Waals surface area contributed by atoms with Gasteiger partial charge in [-0.05, 0) is 36.4 Å².